The van der Waals surface area contributed by atoms with Crippen LogP contribution in [0.2, 0.25) is 0 Å². The zero-order valence-electron chi connectivity index (χ0n) is 9.90. The Balaban J connectivity index is 1.86. The lowest BCUT2D eigenvalue weighted by Gasteiger charge is -1.85. The second-order valence-corrected chi connectivity index (χ2v) is 6.95. The minimum atomic E-state index is 0.896. The molecule has 0 atom stereocenters. The van der Waals surface area contributed by atoms with Crippen molar-refractivity contribution in [1.82, 2.24) is 19.6 Å². The second-order valence-electron chi connectivity index (χ2n) is 3.91. The predicted octanol–water partition coefficient (Wildman–Crippen LogP) is 3.79. The summed E-state index contributed by atoms with van der Waals surface area (Å²) in [5.74, 6) is 0. The van der Waals surface area contributed by atoms with Crippen LogP contribution < -0.4 is 0 Å². The second kappa shape index (κ2) is 4.29. The van der Waals surface area contributed by atoms with Gasteiger partial charge in [-0.15, -0.1) is 16.4 Å². The number of imidazole rings is 1. The van der Waals surface area contributed by atoms with E-state index in [-0.39, 0.29) is 0 Å². The van der Waals surface area contributed by atoms with Crippen molar-refractivity contribution in [2.75, 3.05) is 6.26 Å². The summed E-state index contributed by atoms with van der Waals surface area (Å²) in [6.45, 7) is 0. The molecule has 4 rings (SSSR count). The first-order valence-electron chi connectivity index (χ1n) is 5.59. The molecule has 0 aliphatic rings. The Labute approximate surface area is 121 Å². The fourth-order valence-corrected chi connectivity index (χ4v) is 4.11. The highest BCUT2D eigenvalue weighted by Crippen LogP contribution is 2.31. The van der Waals surface area contributed by atoms with Gasteiger partial charge in [-0.05, 0) is 18.4 Å². The number of rotatable bonds is 2. The van der Waals surface area contributed by atoms with Gasteiger partial charge in [0.25, 0.3) is 0 Å². The molecule has 0 amide bonds. The van der Waals surface area contributed by atoms with Gasteiger partial charge in [0.05, 0.1) is 16.4 Å². The van der Waals surface area contributed by atoms with E-state index in [4.69, 9.17) is 0 Å². The van der Waals surface area contributed by atoms with Crippen LogP contribution in [0.3, 0.4) is 0 Å². The highest BCUT2D eigenvalue weighted by molar-refractivity contribution is 8.00. The summed E-state index contributed by atoms with van der Waals surface area (Å²) in [5.41, 5.74) is 1.92. The molecule has 0 N–H and O–H groups in total. The topological polar surface area (TPSA) is 43.1 Å². The number of nitrogens with zero attached hydrogens (tertiary/aromatic N) is 4. The molecule has 7 heteroatoms. The molecule has 19 heavy (non-hydrogen) atoms. The number of hydrogen-bond donors (Lipinski definition) is 0. The Bertz CT molecular complexity index is 809. The lowest BCUT2D eigenvalue weighted by atomic mass is 10.3. The third-order valence-electron chi connectivity index (χ3n) is 2.71. The standard InChI is InChI=1S/C12H8N4S3/c1-17-12-15-16-6-8(14-11(16)19-12)10-13-7-4-2-3-5-9(7)18-10/h2-6H,1H3. The van der Waals surface area contributed by atoms with E-state index in [1.165, 1.54) is 4.70 Å². The quantitative estimate of drug-likeness (QED) is 0.528. The van der Waals surface area contributed by atoms with Crippen molar-refractivity contribution in [1.29, 1.82) is 0 Å². The molecule has 0 aliphatic carbocycles. The van der Waals surface area contributed by atoms with E-state index in [0.29, 0.717) is 0 Å². The number of thioether (sulfide) groups is 1. The highest BCUT2D eigenvalue weighted by atomic mass is 32.2. The molecular weight excluding hydrogens is 296 g/mol. The molecule has 1 aromatic carbocycles. The summed E-state index contributed by atoms with van der Waals surface area (Å²) < 4.78 is 4.04. The van der Waals surface area contributed by atoms with Crippen LogP contribution in [0.5, 0.6) is 0 Å². The van der Waals surface area contributed by atoms with Gasteiger partial charge in [-0.1, -0.05) is 35.2 Å². The summed E-state index contributed by atoms with van der Waals surface area (Å²) >= 11 is 4.90. The van der Waals surface area contributed by atoms with Crippen LogP contribution >= 0.6 is 34.4 Å². The van der Waals surface area contributed by atoms with Gasteiger partial charge in [-0.25, -0.2) is 14.5 Å². The van der Waals surface area contributed by atoms with Gasteiger partial charge < -0.3 is 0 Å². The molecular formula is C12H8N4S3. The zero-order chi connectivity index (χ0) is 12.8. The molecule has 0 saturated carbocycles. The van der Waals surface area contributed by atoms with Crippen LogP contribution in [0.4, 0.5) is 0 Å². The smallest absolute Gasteiger partial charge is 0.213 e. The van der Waals surface area contributed by atoms with Crippen molar-refractivity contribution in [2.45, 2.75) is 4.34 Å². The van der Waals surface area contributed by atoms with Crippen molar-refractivity contribution in [3.8, 4) is 10.7 Å². The number of thiazole rings is 1. The normalized spacial score (nSPS) is 11.6. The number of aromatic nitrogens is 4. The Kier molecular flexibility index (Phi) is 2.57. The maximum atomic E-state index is 4.61. The minimum Gasteiger partial charge on any atom is -0.234 e. The molecule has 4 aromatic rings. The molecule has 0 bridgehead atoms. The number of para-hydroxylation sites is 1. The van der Waals surface area contributed by atoms with Gasteiger partial charge in [0.1, 0.15) is 10.7 Å². The van der Waals surface area contributed by atoms with Gasteiger partial charge in [0.15, 0.2) is 4.34 Å². The Morgan fingerprint density at radius 2 is 2.05 bits per heavy atom. The fraction of sp³-hybridized carbons (Fsp3) is 0.0833. The first kappa shape index (κ1) is 11.4. The third kappa shape index (κ3) is 1.85. The van der Waals surface area contributed by atoms with E-state index in [1.807, 2.05) is 35.2 Å². The van der Waals surface area contributed by atoms with Crippen LogP contribution in [0.15, 0.2) is 34.8 Å². The molecule has 0 radical (unpaired) electrons. The van der Waals surface area contributed by atoms with Crippen molar-refractivity contribution in [2.24, 2.45) is 0 Å². The molecule has 0 saturated heterocycles. The van der Waals surface area contributed by atoms with E-state index in [1.54, 1.807) is 34.4 Å². The lowest BCUT2D eigenvalue weighted by molar-refractivity contribution is 0.916. The third-order valence-corrected chi connectivity index (χ3v) is 5.67. The summed E-state index contributed by atoms with van der Waals surface area (Å²) in [7, 11) is 0. The van der Waals surface area contributed by atoms with Gasteiger partial charge in [-0.2, -0.15) is 0 Å². The summed E-state index contributed by atoms with van der Waals surface area (Å²) in [4.78, 5) is 10.1. The van der Waals surface area contributed by atoms with E-state index >= 15 is 0 Å². The number of hydrogen-bond acceptors (Lipinski definition) is 6. The summed E-state index contributed by atoms with van der Waals surface area (Å²) in [5, 5.41) is 5.39. The maximum Gasteiger partial charge on any atom is 0.213 e. The maximum absolute atomic E-state index is 4.61. The number of benzene rings is 1. The van der Waals surface area contributed by atoms with Gasteiger partial charge >= 0.3 is 0 Å². The van der Waals surface area contributed by atoms with Crippen LogP contribution in [0, 0.1) is 0 Å². The van der Waals surface area contributed by atoms with Crippen LogP contribution in [0.1, 0.15) is 0 Å². The van der Waals surface area contributed by atoms with Gasteiger partial charge in [0.2, 0.25) is 4.96 Å². The SMILES string of the molecule is CSc1nn2cc(-c3nc4ccccc4s3)nc2s1. The van der Waals surface area contributed by atoms with Gasteiger partial charge in [0, 0.05) is 0 Å². The molecule has 0 spiro atoms. The summed E-state index contributed by atoms with van der Waals surface area (Å²) in [6.07, 6.45) is 3.97. The minimum absolute atomic E-state index is 0.896. The first-order chi connectivity index (χ1) is 9.33. The van der Waals surface area contributed by atoms with Crippen molar-refractivity contribution >= 4 is 49.6 Å². The molecule has 3 aromatic heterocycles. The van der Waals surface area contributed by atoms with Crippen molar-refractivity contribution < 1.29 is 0 Å². The molecule has 0 aliphatic heterocycles. The van der Waals surface area contributed by atoms with E-state index in [9.17, 15) is 0 Å². The van der Waals surface area contributed by atoms with Crippen molar-refractivity contribution in [3.63, 3.8) is 0 Å². The van der Waals surface area contributed by atoms with E-state index < -0.39 is 0 Å². The average molecular weight is 304 g/mol. The molecule has 4 nitrogen and oxygen atoms in total. The lowest BCUT2D eigenvalue weighted by Crippen LogP contribution is -1.79. The first-order valence-corrected chi connectivity index (χ1v) is 8.45. The Hall–Kier alpha value is -1.44. The monoisotopic (exact) mass is 304 g/mol. The van der Waals surface area contributed by atoms with E-state index in [2.05, 4.69) is 21.1 Å². The molecule has 94 valence electrons. The van der Waals surface area contributed by atoms with Crippen molar-refractivity contribution in [3.05, 3.63) is 30.5 Å². The average Bonchev–Trinajstić information content (AvgIpc) is 3.09. The predicted molar refractivity (Wildman–Crippen MR) is 81.3 cm³/mol. The Morgan fingerprint density at radius 3 is 2.84 bits per heavy atom. The fourth-order valence-electron chi connectivity index (χ4n) is 1.85. The van der Waals surface area contributed by atoms with Crippen LogP contribution in [-0.2, 0) is 0 Å². The van der Waals surface area contributed by atoms with Crippen LogP contribution in [-0.4, -0.2) is 25.8 Å². The van der Waals surface area contributed by atoms with Gasteiger partial charge in [-0.3, -0.25) is 0 Å². The summed E-state index contributed by atoms with van der Waals surface area (Å²) in [6, 6.07) is 8.14. The van der Waals surface area contributed by atoms with Crippen LogP contribution in [0.25, 0.3) is 25.9 Å². The number of fused-ring (bicyclic) bond motifs is 2. The molecule has 0 unspecified atom stereocenters. The zero-order valence-corrected chi connectivity index (χ0v) is 12.3. The van der Waals surface area contributed by atoms with E-state index in [0.717, 1.165) is 25.5 Å². The largest absolute Gasteiger partial charge is 0.234 e. The molecule has 3 heterocycles. The molecule has 0 fully saturated rings. The highest BCUT2D eigenvalue weighted by Gasteiger charge is 2.12. The Morgan fingerprint density at radius 1 is 1.16 bits per heavy atom.